The second-order valence-electron chi connectivity index (χ2n) is 4.46. The minimum atomic E-state index is -0.582. The Morgan fingerprint density at radius 2 is 1.39 bits per heavy atom. The van der Waals surface area contributed by atoms with E-state index in [9.17, 15) is 9.59 Å². The lowest BCUT2D eigenvalue weighted by Gasteiger charge is -2.17. The molecule has 1 aromatic carbocycles. The zero-order valence-corrected chi connectivity index (χ0v) is 14.0. The van der Waals surface area contributed by atoms with Crippen LogP contribution in [0, 0.1) is 0 Å². The molecule has 7 heteroatoms. The van der Waals surface area contributed by atoms with Gasteiger partial charge in [0.25, 0.3) is 0 Å². The van der Waals surface area contributed by atoms with E-state index in [0.29, 0.717) is 42.5 Å². The van der Waals surface area contributed by atoms with Crippen LogP contribution >= 0.6 is 0 Å². The van der Waals surface area contributed by atoms with Crippen LogP contribution in [0.2, 0.25) is 0 Å². The standard InChI is InChI=1S/C16H24N2O5/c1-5-15(19)17-11-9-14(22-7-3)12(10-13(11)21-6-2)18-16(20)23-8-4/h9-10H,5-8H2,1-4H3,(H,17,19)(H,18,20). The summed E-state index contributed by atoms with van der Waals surface area (Å²) in [5.74, 6) is 0.736. The number of benzene rings is 1. The molecule has 2 N–H and O–H groups in total. The molecule has 0 heterocycles. The molecule has 1 rings (SSSR count). The van der Waals surface area contributed by atoms with E-state index in [-0.39, 0.29) is 12.5 Å². The summed E-state index contributed by atoms with van der Waals surface area (Å²) < 4.78 is 15.9. The van der Waals surface area contributed by atoms with Crippen LogP contribution in [-0.4, -0.2) is 31.8 Å². The number of rotatable bonds is 8. The van der Waals surface area contributed by atoms with Gasteiger partial charge in [0.1, 0.15) is 11.5 Å². The van der Waals surface area contributed by atoms with Crippen molar-refractivity contribution in [2.75, 3.05) is 30.5 Å². The van der Waals surface area contributed by atoms with Crippen molar-refractivity contribution in [2.24, 2.45) is 0 Å². The Bertz CT molecular complexity index is 546. The average molecular weight is 324 g/mol. The molecule has 0 saturated carbocycles. The highest BCUT2D eigenvalue weighted by Crippen LogP contribution is 2.37. The van der Waals surface area contributed by atoms with Crippen molar-refractivity contribution in [3.8, 4) is 11.5 Å². The second-order valence-corrected chi connectivity index (χ2v) is 4.46. The summed E-state index contributed by atoms with van der Waals surface area (Å²) in [4.78, 5) is 23.3. The zero-order valence-electron chi connectivity index (χ0n) is 14.0. The van der Waals surface area contributed by atoms with Gasteiger partial charge in [0.2, 0.25) is 5.91 Å². The summed E-state index contributed by atoms with van der Waals surface area (Å²) in [6, 6.07) is 3.24. The van der Waals surface area contributed by atoms with Gasteiger partial charge in [-0.05, 0) is 20.8 Å². The Morgan fingerprint density at radius 3 is 1.83 bits per heavy atom. The SMILES string of the molecule is CCOC(=O)Nc1cc(OCC)c(NC(=O)CC)cc1OCC. The van der Waals surface area contributed by atoms with Gasteiger partial charge in [0.15, 0.2) is 0 Å². The molecular formula is C16H24N2O5. The fourth-order valence-corrected chi connectivity index (χ4v) is 1.82. The Balaban J connectivity index is 3.19. The molecule has 0 aliphatic heterocycles. The van der Waals surface area contributed by atoms with E-state index in [1.807, 2.05) is 13.8 Å². The van der Waals surface area contributed by atoms with Gasteiger partial charge < -0.3 is 19.5 Å². The van der Waals surface area contributed by atoms with Gasteiger partial charge in [-0.15, -0.1) is 0 Å². The highest BCUT2D eigenvalue weighted by molar-refractivity contribution is 5.94. The van der Waals surface area contributed by atoms with Gasteiger partial charge in [-0.1, -0.05) is 6.92 Å². The van der Waals surface area contributed by atoms with Crippen LogP contribution in [0.5, 0.6) is 11.5 Å². The number of carbonyl (C=O) groups is 2. The molecule has 0 bridgehead atoms. The molecule has 0 aliphatic rings. The largest absolute Gasteiger partial charge is 0.492 e. The molecule has 0 atom stereocenters. The molecule has 2 amide bonds. The number of nitrogens with one attached hydrogen (secondary N) is 2. The smallest absolute Gasteiger partial charge is 0.411 e. The first kappa shape index (κ1) is 18.6. The molecule has 0 spiro atoms. The van der Waals surface area contributed by atoms with Crippen molar-refractivity contribution >= 4 is 23.4 Å². The van der Waals surface area contributed by atoms with Crippen molar-refractivity contribution in [1.29, 1.82) is 0 Å². The molecule has 0 fully saturated rings. The minimum Gasteiger partial charge on any atom is -0.492 e. The first-order valence-electron chi connectivity index (χ1n) is 7.72. The summed E-state index contributed by atoms with van der Waals surface area (Å²) >= 11 is 0. The zero-order chi connectivity index (χ0) is 17.2. The predicted molar refractivity (Wildman–Crippen MR) is 88.3 cm³/mol. The number of carbonyl (C=O) groups excluding carboxylic acids is 2. The Labute approximate surface area is 136 Å². The number of ether oxygens (including phenoxy) is 3. The van der Waals surface area contributed by atoms with E-state index < -0.39 is 6.09 Å². The molecule has 0 radical (unpaired) electrons. The molecule has 0 aliphatic carbocycles. The molecule has 0 unspecified atom stereocenters. The lowest BCUT2D eigenvalue weighted by molar-refractivity contribution is -0.115. The van der Waals surface area contributed by atoms with Crippen molar-refractivity contribution in [2.45, 2.75) is 34.1 Å². The van der Waals surface area contributed by atoms with E-state index in [2.05, 4.69) is 10.6 Å². The lowest BCUT2D eigenvalue weighted by Crippen LogP contribution is -2.16. The monoisotopic (exact) mass is 324 g/mol. The van der Waals surface area contributed by atoms with Gasteiger partial charge in [0.05, 0.1) is 31.2 Å². The van der Waals surface area contributed by atoms with Crippen LogP contribution in [0.3, 0.4) is 0 Å². The van der Waals surface area contributed by atoms with E-state index in [4.69, 9.17) is 14.2 Å². The van der Waals surface area contributed by atoms with Gasteiger partial charge in [0, 0.05) is 18.6 Å². The van der Waals surface area contributed by atoms with Crippen molar-refractivity contribution < 1.29 is 23.8 Å². The van der Waals surface area contributed by atoms with Gasteiger partial charge in [-0.25, -0.2) is 4.79 Å². The Hall–Kier alpha value is -2.44. The minimum absolute atomic E-state index is 0.139. The van der Waals surface area contributed by atoms with Crippen LogP contribution in [-0.2, 0) is 9.53 Å². The van der Waals surface area contributed by atoms with Crippen molar-refractivity contribution in [1.82, 2.24) is 0 Å². The molecule has 128 valence electrons. The Kier molecular flexibility index (Phi) is 7.73. The van der Waals surface area contributed by atoms with Gasteiger partial charge >= 0.3 is 6.09 Å². The second kappa shape index (κ2) is 9.55. The molecular weight excluding hydrogens is 300 g/mol. The van der Waals surface area contributed by atoms with E-state index in [1.165, 1.54) is 0 Å². The molecule has 0 saturated heterocycles. The van der Waals surface area contributed by atoms with E-state index in [0.717, 1.165) is 0 Å². The predicted octanol–water partition coefficient (Wildman–Crippen LogP) is 3.40. The summed E-state index contributed by atoms with van der Waals surface area (Å²) in [6.45, 7) is 8.23. The third-order valence-corrected chi connectivity index (χ3v) is 2.79. The summed E-state index contributed by atoms with van der Waals surface area (Å²) in [5.41, 5.74) is 0.916. The molecule has 0 aromatic heterocycles. The van der Waals surface area contributed by atoms with Gasteiger partial charge in [-0.3, -0.25) is 10.1 Å². The maximum Gasteiger partial charge on any atom is 0.411 e. The number of amides is 2. The maximum absolute atomic E-state index is 11.7. The van der Waals surface area contributed by atoms with E-state index in [1.54, 1.807) is 26.0 Å². The fraction of sp³-hybridized carbons (Fsp3) is 0.500. The van der Waals surface area contributed by atoms with Crippen LogP contribution in [0.25, 0.3) is 0 Å². The number of hydrogen-bond acceptors (Lipinski definition) is 5. The summed E-state index contributed by atoms with van der Waals surface area (Å²) in [5, 5.41) is 5.37. The van der Waals surface area contributed by atoms with Crippen LogP contribution < -0.4 is 20.1 Å². The number of anilines is 2. The highest BCUT2D eigenvalue weighted by Gasteiger charge is 2.16. The maximum atomic E-state index is 11.7. The quantitative estimate of drug-likeness (QED) is 0.765. The van der Waals surface area contributed by atoms with Crippen LogP contribution in [0.4, 0.5) is 16.2 Å². The number of hydrogen-bond donors (Lipinski definition) is 2. The van der Waals surface area contributed by atoms with Crippen molar-refractivity contribution in [3.63, 3.8) is 0 Å². The van der Waals surface area contributed by atoms with Crippen LogP contribution in [0.15, 0.2) is 12.1 Å². The topological polar surface area (TPSA) is 85.9 Å². The average Bonchev–Trinajstić information content (AvgIpc) is 2.51. The van der Waals surface area contributed by atoms with Crippen LogP contribution in [0.1, 0.15) is 34.1 Å². The lowest BCUT2D eigenvalue weighted by atomic mass is 10.2. The van der Waals surface area contributed by atoms with Crippen molar-refractivity contribution in [3.05, 3.63) is 12.1 Å². The first-order valence-corrected chi connectivity index (χ1v) is 7.72. The van der Waals surface area contributed by atoms with E-state index >= 15 is 0 Å². The summed E-state index contributed by atoms with van der Waals surface area (Å²) in [7, 11) is 0. The third-order valence-electron chi connectivity index (χ3n) is 2.79. The third kappa shape index (κ3) is 5.69. The van der Waals surface area contributed by atoms with Gasteiger partial charge in [-0.2, -0.15) is 0 Å². The molecule has 1 aromatic rings. The molecule has 23 heavy (non-hydrogen) atoms. The first-order chi connectivity index (χ1) is 11.0. The Morgan fingerprint density at radius 1 is 0.870 bits per heavy atom. The highest BCUT2D eigenvalue weighted by atomic mass is 16.5. The fourth-order valence-electron chi connectivity index (χ4n) is 1.82. The normalized spacial score (nSPS) is 9.91. The summed E-state index contributed by atoms with van der Waals surface area (Å²) in [6.07, 6.45) is -0.237. The molecule has 7 nitrogen and oxygen atoms in total.